The number of nitrogens with zero attached hydrogens (tertiary/aromatic N) is 1. The van der Waals surface area contributed by atoms with Gasteiger partial charge in [-0.05, 0) is 61.9 Å². The fourth-order valence-corrected chi connectivity index (χ4v) is 2.28. The molecule has 25 heavy (non-hydrogen) atoms. The minimum Gasteiger partial charge on any atom is -0.494 e. The Labute approximate surface area is 157 Å². The molecule has 2 aromatic rings. The zero-order chi connectivity index (χ0) is 18.2. The van der Waals surface area contributed by atoms with Crippen LogP contribution in [0.25, 0.3) is 0 Å². The summed E-state index contributed by atoms with van der Waals surface area (Å²) in [5.41, 5.74) is 4.05. The average Bonchev–Trinajstić information content (AvgIpc) is 2.60. The molecule has 0 aliphatic heterocycles. The molecule has 0 radical (unpaired) electrons. The van der Waals surface area contributed by atoms with E-state index >= 15 is 0 Å². The molecule has 0 aliphatic rings. The molecule has 0 unspecified atom stereocenters. The summed E-state index contributed by atoms with van der Waals surface area (Å²) in [6, 6.07) is 12.0. The standard InChI is InChI=1S/C18H19Cl2N3O2/c1-3-25-15-7-4-13(5-8-15)11-21-23-18(24)12(2)22-14-6-9-16(19)17(20)10-14/h4-12,22H,3H2,1-2H3,(H,23,24)/b21-11-/t12-/m0/s1. The fraction of sp³-hybridized carbons (Fsp3) is 0.222. The van der Waals surface area contributed by atoms with E-state index in [0.29, 0.717) is 22.3 Å². The zero-order valence-electron chi connectivity index (χ0n) is 13.9. The lowest BCUT2D eigenvalue weighted by Gasteiger charge is -2.13. The van der Waals surface area contributed by atoms with Crippen molar-refractivity contribution < 1.29 is 9.53 Å². The van der Waals surface area contributed by atoms with E-state index in [1.165, 1.54) is 0 Å². The number of benzene rings is 2. The fourth-order valence-electron chi connectivity index (χ4n) is 1.99. The Bertz CT molecular complexity index is 748. The molecule has 1 amide bonds. The van der Waals surface area contributed by atoms with Crippen molar-refractivity contribution in [2.24, 2.45) is 5.10 Å². The molecule has 0 aliphatic carbocycles. The van der Waals surface area contributed by atoms with Crippen molar-refractivity contribution in [1.82, 2.24) is 5.43 Å². The number of ether oxygens (including phenoxy) is 1. The van der Waals surface area contributed by atoms with E-state index in [4.69, 9.17) is 27.9 Å². The van der Waals surface area contributed by atoms with Crippen molar-refractivity contribution in [3.05, 3.63) is 58.1 Å². The molecular weight excluding hydrogens is 361 g/mol. The van der Waals surface area contributed by atoms with E-state index in [0.717, 1.165) is 11.3 Å². The van der Waals surface area contributed by atoms with Crippen molar-refractivity contribution in [3.63, 3.8) is 0 Å². The summed E-state index contributed by atoms with van der Waals surface area (Å²) in [4.78, 5) is 12.1. The number of anilines is 1. The van der Waals surface area contributed by atoms with Crippen LogP contribution in [-0.4, -0.2) is 24.8 Å². The van der Waals surface area contributed by atoms with E-state index in [9.17, 15) is 4.79 Å². The maximum Gasteiger partial charge on any atom is 0.262 e. The Morgan fingerprint density at radius 2 is 1.92 bits per heavy atom. The van der Waals surface area contributed by atoms with Gasteiger partial charge in [-0.2, -0.15) is 5.10 Å². The smallest absolute Gasteiger partial charge is 0.262 e. The van der Waals surface area contributed by atoms with Crippen LogP contribution < -0.4 is 15.5 Å². The highest BCUT2D eigenvalue weighted by molar-refractivity contribution is 6.42. The van der Waals surface area contributed by atoms with Crippen molar-refractivity contribution in [2.75, 3.05) is 11.9 Å². The summed E-state index contributed by atoms with van der Waals surface area (Å²) in [6.07, 6.45) is 1.57. The van der Waals surface area contributed by atoms with Crippen molar-refractivity contribution >= 4 is 41.0 Å². The molecule has 7 heteroatoms. The molecule has 2 aromatic carbocycles. The number of halogens is 2. The number of hydrogen-bond acceptors (Lipinski definition) is 4. The Balaban J connectivity index is 1.86. The monoisotopic (exact) mass is 379 g/mol. The van der Waals surface area contributed by atoms with Crippen LogP contribution in [0.5, 0.6) is 5.75 Å². The molecular formula is C18H19Cl2N3O2. The Hall–Kier alpha value is -2.24. The summed E-state index contributed by atoms with van der Waals surface area (Å²) in [5, 5.41) is 7.88. The highest BCUT2D eigenvalue weighted by atomic mass is 35.5. The van der Waals surface area contributed by atoms with Crippen LogP contribution in [0.1, 0.15) is 19.4 Å². The predicted octanol–water partition coefficient (Wildman–Crippen LogP) is 4.34. The number of hydrazone groups is 1. The van der Waals surface area contributed by atoms with Gasteiger partial charge in [0.25, 0.3) is 5.91 Å². The van der Waals surface area contributed by atoms with E-state index < -0.39 is 6.04 Å². The number of nitrogens with one attached hydrogen (secondary N) is 2. The van der Waals surface area contributed by atoms with E-state index in [1.54, 1.807) is 31.3 Å². The third kappa shape index (κ3) is 5.96. The third-order valence-electron chi connectivity index (χ3n) is 3.28. The summed E-state index contributed by atoms with van der Waals surface area (Å²) < 4.78 is 5.37. The van der Waals surface area contributed by atoms with Gasteiger partial charge in [0.05, 0.1) is 22.9 Å². The van der Waals surface area contributed by atoms with Gasteiger partial charge in [0.2, 0.25) is 0 Å². The molecule has 0 fully saturated rings. The number of carbonyl (C=O) groups is 1. The summed E-state index contributed by atoms with van der Waals surface area (Å²) >= 11 is 11.8. The first-order chi connectivity index (χ1) is 12.0. The molecule has 2 N–H and O–H groups in total. The molecule has 0 saturated heterocycles. The van der Waals surface area contributed by atoms with Crippen LogP contribution in [0.3, 0.4) is 0 Å². The van der Waals surface area contributed by atoms with Gasteiger partial charge in [0, 0.05) is 5.69 Å². The van der Waals surface area contributed by atoms with Gasteiger partial charge in [-0.1, -0.05) is 23.2 Å². The molecule has 0 saturated carbocycles. The highest BCUT2D eigenvalue weighted by Crippen LogP contribution is 2.25. The molecule has 132 valence electrons. The summed E-state index contributed by atoms with van der Waals surface area (Å²) in [7, 11) is 0. The second-order valence-electron chi connectivity index (χ2n) is 5.23. The van der Waals surface area contributed by atoms with Crippen molar-refractivity contribution in [2.45, 2.75) is 19.9 Å². The Morgan fingerprint density at radius 3 is 2.56 bits per heavy atom. The molecule has 0 spiro atoms. The lowest BCUT2D eigenvalue weighted by Crippen LogP contribution is -2.34. The van der Waals surface area contributed by atoms with Gasteiger partial charge in [-0.15, -0.1) is 0 Å². The molecule has 0 heterocycles. The quantitative estimate of drug-likeness (QED) is 0.555. The minimum absolute atomic E-state index is 0.270. The van der Waals surface area contributed by atoms with E-state index in [2.05, 4.69) is 15.8 Å². The second kappa shape index (κ2) is 9.30. The van der Waals surface area contributed by atoms with Crippen LogP contribution in [0.4, 0.5) is 5.69 Å². The van der Waals surface area contributed by atoms with Gasteiger partial charge in [0.15, 0.2) is 0 Å². The lowest BCUT2D eigenvalue weighted by atomic mass is 10.2. The van der Waals surface area contributed by atoms with Crippen molar-refractivity contribution in [3.8, 4) is 5.75 Å². The topological polar surface area (TPSA) is 62.7 Å². The molecule has 0 aromatic heterocycles. The lowest BCUT2D eigenvalue weighted by molar-refractivity contribution is -0.121. The van der Waals surface area contributed by atoms with E-state index in [1.807, 2.05) is 31.2 Å². The van der Waals surface area contributed by atoms with Gasteiger partial charge >= 0.3 is 0 Å². The molecule has 5 nitrogen and oxygen atoms in total. The Kier molecular flexibility index (Phi) is 7.10. The SMILES string of the molecule is CCOc1ccc(/C=N\NC(=O)[C@H](C)Nc2ccc(Cl)c(Cl)c2)cc1. The molecule has 0 bridgehead atoms. The largest absolute Gasteiger partial charge is 0.494 e. The first-order valence-electron chi connectivity index (χ1n) is 7.77. The second-order valence-corrected chi connectivity index (χ2v) is 6.05. The van der Waals surface area contributed by atoms with Crippen LogP contribution in [-0.2, 0) is 4.79 Å². The third-order valence-corrected chi connectivity index (χ3v) is 4.01. The van der Waals surface area contributed by atoms with E-state index in [-0.39, 0.29) is 5.91 Å². The number of amides is 1. The first-order valence-corrected chi connectivity index (χ1v) is 8.52. The Morgan fingerprint density at radius 1 is 1.20 bits per heavy atom. The van der Waals surface area contributed by atoms with Gasteiger partial charge in [-0.25, -0.2) is 5.43 Å². The zero-order valence-corrected chi connectivity index (χ0v) is 15.4. The van der Waals surface area contributed by atoms with Gasteiger partial charge < -0.3 is 10.1 Å². The number of carbonyl (C=O) groups excluding carboxylic acids is 1. The molecule has 1 atom stereocenters. The van der Waals surface area contributed by atoms with Crippen LogP contribution in [0.15, 0.2) is 47.6 Å². The normalized spacial score (nSPS) is 12.0. The molecule has 2 rings (SSSR count). The van der Waals surface area contributed by atoms with Crippen LogP contribution >= 0.6 is 23.2 Å². The highest BCUT2D eigenvalue weighted by Gasteiger charge is 2.12. The van der Waals surface area contributed by atoms with Crippen molar-refractivity contribution in [1.29, 1.82) is 0 Å². The summed E-state index contributed by atoms with van der Waals surface area (Å²) in [6.45, 7) is 4.27. The van der Waals surface area contributed by atoms with Crippen LogP contribution in [0, 0.1) is 0 Å². The average molecular weight is 380 g/mol. The number of hydrogen-bond donors (Lipinski definition) is 2. The van der Waals surface area contributed by atoms with Gasteiger partial charge in [-0.3, -0.25) is 4.79 Å². The summed E-state index contributed by atoms with van der Waals surface area (Å²) in [5.74, 6) is 0.524. The van der Waals surface area contributed by atoms with Crippen LogP contribution in [0.2, 0.25) is 10.0 Å². The predicted molar refractivity (Wildman–Crippen MR) is 103 cm³/mol. The minimum atomic E-state index is -0.491. The maximum absolute atomic E-state index is 12.1. The first kappa shape index (κ1) is 19.1. The maximum atomic E-state index is 12.1. The number of rotatable bonds is 7. The van der Waals surface area contributed by atoms with Gasteiger partial charge in [0.1, 0.15) is 11.8 Å².